The van der Waals surface area contributed by atoms with Crippen LogP contribution >= 0.6 is 0 Å². The van der Waals surface area contributed by atoms with Crippen molar-refractivity contribution in [1.29, 1.82) is 5.26 Å². The fraction of sp³-hybridized carbons (Fsp3) is 0.367. The number of anilines is 3. The van der Waals surface area contributed by atoms with E-state index in [0.29, 0.717) is 42.2 Å². The van der Waals surface area contributed by atoms with E-state index in [2.05, 4.69) is 56.9 Å². The maximum absolute atomic E-state index is 13.6. The number of urea groups is 1. The first kappa shape index (κ1) is 29.6. The molecule has 0 radical (unpaired) electrons. The average molecular weight is 609 g/mol. The number of pyridine rings is 1. The largest absolute Gasteiger partial charge is 0.467 e. The van der Waals surface area contributed by atoms with Crippen LogP contribution in [0.2, 0.25) is 0 Å². The molecule has 15 heteroatoms. The Labute approximate surface area is 259 Å². The fourth-order valence-electron chi connectivity index (χ4n) is 5.20. The molecule has 5 heterocycles. The second-order valence-electron chi connectivity index (χ2n) is 10.7. The summed E-state index contributed by atoms with van der Waals surface area (Å²) in [6.45, 7) is 1.35. The summed E-state index contributed by atoms with van der Waals surface area (Å²) < 4.78 is 10.3. The van der Waals surface area contributed by atoms with E-state index >= 15 is 0 Å². The van der Waals surface area contributed by atoms with Gasteiger partial charge in [-0.15, -0.1) is 0 Å². The van der Waals surface area contributed by atoms with Crippen LogP contribution in [-0.4, -0.2) is 79.4 Å². The predicted octanol–water partition coefficient (Wildman–Crippen LogP) is 2.95. The highest BCUT2D eigenvalue weighted by molar-refractivity contribution is 5.91. The molecule has 45 heavy (non-hydrogen) atoms. The van der Waals surface area contributed by atoms with Crippen LogP contribution in [0.4, 0.5) is 22.4 Å². The maximum atomic E-state index is 13.6. The van der Waals surface area contributed by atoms with Gasteiger partial charge in [-0.2, -0.15) is 10.2 Å². The molecule has 1 aliphatic carbocycles. The Morgan fingerprint density at radius 2 is 1.71 bits per heavy atom. The summed E-state index contributed by atoms with van der Waals surface area (Å²) in [6, 6.07) is 7.73. The topological polar surface area (TPSA) is 189 Å². The summed E-state index contributed by atoms with van der Waals surface area (Å²) in [5.74, 6) is 2.00. The van der Waals surface area contributed by atoms with Gasteiger partial charge in [-0.25, -0.2) is 34.7 Å². The zero-order valence-corrected chi connectivity index (χ0v) is 24.6. The number of carbonyl (C=O) groups excluding carboxylic acids is 1. The Kier molecular flexibility index (Phi) is 9.11. The Bertz CT molecular complexity index is 1620. The number of amides is 2. The minimum absolute atomic E-state index is 0.0971. The highest BCUT2D eigenvalue weighted by atomic mass is 16.5. The molecule has 1 saturated heterocycles. The summed E-state index contributed by atoms with van der Waals surface area (Å²) in [6.07, 6.45) is 12.9. The van der Waals surface area contributed by atoms with Gasteiger partial charge in [0.05, 0.1) is 39.1 Å². The first-order chi connectivity index (χ1) is 22.1. The summed E-state index contributed by atoms with van der Waals surface area (Å²) >= 11 is 0. The molecular weight excluding hydrogens is 576 g/mol. The highest BCUT2D eigenvalue weighted by Crippen LogP contribution is 2.30. The van der Waals surface area contributed by atoms with E-state index in [1.165, 1.54) is 13.3 Å². The van der Waals surface area contributed by atoms with E-state index in [0.717, 1.165) is 36.8 Å². The van der Waals surface area contributed by atoms with Gasteiger partial charge in [-0.05, 0) is 43.9 Å². The van der Waals surface area contributed by atoms with Crippen LogP contribution < -0.4 is 25.6 Å². The van der Waals surface area contributed by atoms with E-state index in [9.17, 15) is 10.1 Å². The third kappa shape index (κ3) is 7.19. The molecule has 230 valence electrons. The number of nitriles is 1. The molecule has 1 aliphatic heterocycles. The SMILES string of the molecule is COc1ncc(-c2ccc(N(C(=O)NCc3ncccn3)[C@H]3CC[C@H](Nc4ncc(C#N)c(NC5COC5)n4)CC3)nc2)cn1. The van der Waals surface area contributed by atoms with Gasteiger partial charge in [0.1, 0.15) is 29.1 Å². The van der Waals surface area contributed by atoms with Crippen molar-refractivity contribution in [3.8, 4) is 23.2 Å². The summed E-state index contributed by atoms with van der Waals surface area (Å²) in [5.41, 5.74) is 1.98. The molecule has 4 aromatic rings. The van der Waals surface area contributed by atoms with Gasteiger partial charge in [-0.3, -0.25) is 4.90 Å². The van der Waals surface area contributed by atoms with E-state index < -0.39 is 0 Å². The lowest BCUT2D eigenvalue weighted by Crippen LogP contribution is -2.49. The molecule has 4 aromatic heterocycles. The van der Waals surface area contributed by atoms with Crippen LogP contribution in [0.1, 0.15) is 37.1 Å². The van der Waals surface area contributed by atoms with Gasteiger partial charge < -0.3 is 25.4 Å². The average Bonchev–Trinajstić information content (AvgIpc) is 3.07. The molecule has 2 fully saturated rings. The van der Waals surface area contributed by atoms with Crippen molar-refractivity contribution in [1.82, 2.24) is 40.2 Å². The van der Waals surface area contributed by atoms with Gasteiger partial charge in [0.25, 0.3) is 0 Å². The second kappa shape index (κ2) is 13.9. The van der Waals surface area contributed by atoms with Gasteiger partial charge in [0.2, 0.25) is 5.95 Å². The molecule has 1 saturated carbocycles. The third-order valence-corrected chi connectivity index (χ3v) is 7.66. The zero-order valence-electron chi connectivity index (χ0n) is 24.6. The van der Waals surface area contributed by atoms with Crippen molar-refractivity contribution in [2.45, 2.75) is 50.4 Å². The second-order valence-corrected chi connectivity index (χ2v) is 10.7. The predicted molar refractivity (Wildman–Crippen MR) is 163 cm³/mol. The Morgan fingerprint density at radius 3 is 2.36 bits per heavy atom. The summed E-state index contributed by atoms with van der Waals surface area (Å²) in [7, 11) is 1.51. The normalized spacial score (nSPS) is 17.8. The number of rotatable bonds is 10. The van der Waals surface area contributed by atoms with Crippen LogP contribution in [0.15, 0.2) is 55.4 Å². The van der Waals surface area contributed by atoms with Crippen LogP contribution in [0.25, 0.3) is 11.1 Å². The first-order valence-electron chi connectivity index (χ1n) is 14.6. The van der Waals surface area contributed by atoms with Crippen molar-refractivity contribution < 1.29 is 14.3 Å². The number of nitrogens with one attached hydrogen (secondary N) is 3. The standard InChI is InChI=1S/C30H32N12O3/c1-44-29-36-14-21(15-37-29)19-3-8-26(34-12-19)42(30(43)38-16-25-32-9-2-10-33-25)24-6-4-22(5-7-24)40-28-35-13-20(11-31)27(41-28)39-23-17-45-18-23/h2-3,8-10,12-15,22-24H,4-7,16-18H2,1H3,(H,38,43)(H2,35,39,40,41)/t22-,24-. The van der Waals surface area contributed by atoms with Crippen molar-refractivity contribution in [3.63, 3.8) is 0 Å². The summed E-state index contributed by atoms with van der Waals surface area (Å²) in [5, 5.41) is 19.1. The Balaban J connectivity index is 1.15. The van der Waals surface area contributed by atoms with Crippen molar-refractivity contribution >= 4 is 23.6 Å². The molecule has 0 unspecified atom stereocenters. The minimum Gasteiger partial charge on any atom is -0.467 e. The molecule has 0 aromatic carbocycles. The van der Waals surface area contributed by atoms with E-state index in [-0.39, 0.29) is 36.7 Å². The molecular formula is C30H32N12O3. The van der Waals surface area contributed by atoms with Crippen molar-refractivity contribution in [3.05, 3.63) is 66.8 Å². The van der Waals surface area contributed by atoms with Gasteiger partial charge in [0.15, 0.2) is 0 Å². The number of hydrogen-bond donors (Lipinski definition) is 3. The van der Waals surface area contributed by atoms with E-state index in [1.54, 1.807) is 42.0 Å². The highest BCUT2D eigenvalue weighted by Gasteiger charge is 2.31. The molecule has 6 rings (SSSR count). The Morgan fingerprint density at radius 1 is 0.956 bits per heavy atom. The smallest absolute Gasteiger partial charge is 0.323 e. The fourth-order valence-corrected chi connectivity index (χ4v) is 5.20. The van der Waals surface area contributed by atoms with Gasteiger partial charge in [0, 0.05) is 54.2 Å². The molecule has 2 aliphatic rings. The summed E-state index contributed by atoms with van der Waals surface area (Å²) in [4.78, 5) is 45.7. The lowest BCUT2D eigenvalue weighted by molar-refractivity contribution is 0.0209. The molecule has 2 amide bonds. The molecule has 15 nitrogen and oxygen atoms in total. The number of nitrogens with zero attached hydrogens (tertiary/aromatic N) is 9. The van der Waals surface area contributed by atoms with Crippen LogP contribution in [0, 0.1) is 11.3 Å². The van der Waals surface area contributed by atoms with E-state index in [1.807, 2.05) is 12.1 Å². The minimum atomic E-state index is -0.280. The number of hydrogen-bond acceptors (Lipinski definition) is 13. The first-order valence-corrected chi connectivity index (χ1v) is 14.6. The lowest BCUT2D eigenvalue weighted by Gasteiger charge is -2.36. The van der Waals surface area contributed by atoms with Crippen LogP contribution in [0.5, 0.6) is 6.01 Å². The maximum Gasteiger partial charge on any atom is 0.323 e. The molecule has 0 spiro atoms. The molecule has 0 bridgehead atoms. The quantitative estimate of drug-likeness (QED) is 0.238. The number of ether oxygens (including phenoxy) is 2. The van der Waals surface area contributed by atoms with Crippen molar-refractivity contribution in [2.75, 3.05) is 35.9 Å². The van der Waals surface area contributed by atoms with Gasteiger partial charge >= 0.3 is 12.0 Å². The van der Waals surface area contributed by atoms with Crippen LogP contribution in [-0.2, 0) is 11.3 Å². The number of methoxy groups -OCH3 is 1. The number of aromatic nitrogens is 7. The Hall–Kier alpha value is -5.49. The molecule has 0 atom stereocenters. The van der Waals surface area contributed by atoms with Crippen LogP contribution in [0.3, 0.4) is 0 Å². The third-order valence-electron chi connectivity index (χ3n) is 7.66. The van der Waals surface area contributed by atoms with Gasteiger partial charge in [-0.1, -0.05) is 0 Å². The molecule has 3 N–H and O–H groups in total. The van der Waals surface area contributed by atoms with Crippen molar-refractivity contribution in [2.24, 2.45) is 0 Å². The number of carbonyl (C=O) groups is 1. The lowest BCUT2D eigenvalue weighted by atomic mass is 9.90. The zero-order chi connectivity index (χ0) is 31.0. The monoisotopic (exact) mass is 608 g/mol. The van der Waals surface area contributed by atoms with E-state index in [4.69, 9.17) is 9.47 Å².